The van der Waals surface area contributed by atoms with Gasteiger partial charge >= 0.3 is 0 Å². The number of phenols is 1. The van der Waals surface area contributed by atoms with Crippen LogP contribution in [0.2, 0.25) is 0 Å². The molecule has 1 aromatic carbocycles. The number of rotatable bonds is 1. The molecule has 1 aromatic rings. The van der Waals surface area contributed by atoms with E-state index in [1.807, 2.05) is 0 Å². The molecule has 3 rings (SSSR count). The Kier molecular flexibility index (Phi) is 2.91. The van der Waals surface area contributed by atoms with Gasteiger partial charge in [-0.2, -0.15) is 0 Å². The molecular formula is C13H18N2O3. The lowest BCUT2D eigenvalue weighted by atomic mass is 10.2. The van der Waals surface area contributed by atoms with Crippen LogP contribution in [0.15, 0.2) is 12.1 Å². The first-order valence-corrected chi connectivity index (χ1v) is 6.31. The first-order valence-electron chi connectivity index (χ1n) is 6.31. The number of benzene rings is 1. The number of hydrogen-bond donors (Lipinski definition) is 1. The molecule has 98 valence electrons. The van der Waals surface area contributed by atoms with E-state index in [-0.39, 0.29) is 5.75 Å². The number of fused-ring (bicyclic) bond motifs is 1. The molecule has 0 saturated carbocycles. The van der Waals surface area contributed by atoms with Gasteiger partial charge in [0.2, 0.25) is 0 Å². The number of aromatic hydroxyl groups is 1. The number of hydrogen-bond acceptors (Lipinski definition) is 5. The van der Waals surface area contributed by atoms with Crippen molar-refractivity contribution in [1.82, 2.24) is 4.90 Å². The summed E-state index contributed by atoms with van der Waals surface area (Å²) in [6.07, 6.45) is 0. The Balaban J connectivity index is 1.95. The average Bonchev–Trinajstić information content (AvgIpc) is 2.40. The monoisotopic (exact) mass is 250 g/mol. The lowest BCUT2D eigenvalue weighted by molar-refractivity contribution is 0.171. The van der Waals surface area contributed by atoms with Gasteiger partial charge in [0.25, 0.3) is 0 Å². The first-order chi connectivity index (χ1) is 8.75. The van der Waals surface area contributed by atoms with E-state index in [1.54, 1.807) is 12.1 Å². The van der Waals surface area contributed by atoms with Crippen LogP contribution in [0.4, 0.5) is 5.69 Å². The highest BCUT2D eigenvalue weighted by Gasteiger charge is 2.25. The smallest absolute Gasteiger partial charge is 0.188 e. The molecule has 1 N–H and O–H groups in total. The van der Waals surface area contributed by atoms with Crippen LogP contribution in [-0.2, 0) is 0 Å². The number of nitrogens with zero attached hydrogens (tertiary/aromatic N) is 2. The van der Waals surface area contributed by atoms with Gasteiger partial charge in [-0.3, -0.25) is 0 Å². The number of anilines is 1. The van der Waals surface area contributed by atoms with Crippen molar-refractivity contribution in [2.24, 2.45) is 0 Å². The Hall–Kier alpha value is -1.62. The van der Waals surface area contributed by atoms with Crippen LogP contribution in [0.3, 0.4) is 0 Å². The van der Waals surface area contributed by atoms with Crippen molar-refractivity contribution in [3.8, 4) is 17.2 Å². The summed E-state index contributed by atoms with van der Waals surface area (Å²) in [5.41, 5.74) is 0.778. The molecule has 2 aliphatic heterocycles. The summed E-state index contributed by atoms with van der Waals surface area (Å²) in [5, 5.41) is 10.1. The van der Waals surface area contributed by atoms with Gasteiger partial charge in [0.1, 0.15) is 24.7 Å². The van der Waals surface area contributed by atoms with Crippen molar-refractivity contribution in [3.63, 3.8) is 0 Å². The molecule has 1 fully saturated rings. The van der Waals surface area contributed by atoms with Crippen LogP contribution in [0.5, 0.6) is 17.2 Å². The molecule has 18 heavy (non-hydrogen) atoms. The van der Waals surface area contributed by atoms with E-state index in [0.29, 0.717) is 19.0 Å². The second kappa shape index (κ2) is 4.57. The van der Waals surface area contributed by atoms with Crippen LogP contribution < -0.4 is 14.4 Å². The third kappa shape index (κ3) is 1.95. The number of phenolic OH excluding ortho intramolecular Hbond substituents is 1. The maximum absolute atomic E-state index is 10.1. The van der Waals surface area contributed by atoms with E-state index in [4.69, 9.17) is 9.47 Å². The molecule has 2 aliphatic rings. The number of likely N-dealkylation sites (N-methyl/N-ethyl adjacent to an activating group) is 1. The topological polar surface area (TPSA) is 45.2 Å². The zero-order valence-electron chi connectivity index (χ0n) is 10.6. The van der Waals surface area contributed by atoms with E-state index in [1.165, 1.54) is 0 Å². The van der Waals surface area contributed by atoms with Crippen LogP contribution in [0.1, 0.15) is 0 Å². The molecule has 5 heteroatoms. The van der Waals surface area contributed by atoms with Crippen molar-refractivity contribution in [1.29, 1.82) is 0 Å². The Bertz CT molecular complexity index is 442. The van der Waals surface area contributed by atoms with Crippen molar-refractivity contribution in [2.45, 2.75) is 0 Å². The molecule has 0 aliphatic carbocycles. The lowest BCUT2D eigenvalue weighted by Gasteiger charge is -2.36. The second-order valence-electron chi connectivity index (χ2n) is 4.75. The SMILES string of the molecule is CN1CCN(c2c(O)ccc3c2OCCO3)CC1. The fourth-order valence-electron chi connectivity index (χ4n) is 2.43. The van der Waals surface area contributed by atoms with Crippen molar-refractivity contribution in [3.05, 3.63) is 12.1 Å². The van der Waals surface area contributed by atoms with Gasteiger partial charge in [0, 0.05) is 26.2 Å². The highest BCUT2D eigenvalue weighted by Crippen LogP contribution is 2.45. The fraction of sp³-hybridized carbons (Fsp3) is 0.538. The van der Waals surface area contributed by atoms with Crippen LogP contribution in [-0.4, -0.2) is 56.4 Å². The highest BCUT2D eigenvalue weighted by atomic mass is 16.6. The van der Waals surface area contributed by atoms with Gasteiger partial charge in [0.15, 0.2) is 11.5 Å². The molecule has 5 nitrogen and oxygen atoms in total. The summed E-state index contributed by atoms with van der Waals surface area (Å²) in [5.74, 6) is 1.68. The van der Waals surface area contributed by atoms with Gasteiger partial charge in [-0.1, -0.05) is 0 Å². The van der Waals surface area contributed by atoms with Crippen molar-refractivity contribution >= 4 is 5.69 Å². The highest BCUT2D eigenvalue weighted by molar-refractivity contribution is 5.72. The normalized spacial score (nSPS) is 19.9. The molecule has 0 atom stereocenters. The largest absolute Gasteiger partial charge is 0.506 e. The summed E-state index contributed by atoms with van der Waals surface area (Å²) in [6, 6.07) is 3.45. The molecule has 2 heterocycles. The van der Waals surface area contributed by atoms with E-state index < -0.39 is 0 Å². The predicted octanol–water partition coefficient (Wildman–Crippen LogP) is 0.915. The Morgan fingerprint density at radius 2 is 1.78 bits per heavy atom. The van der Waals surface area contributed by atoms with Crippen LogP contribution in [0.25, 0.3) is 0 Å². The van der Waals surface area contributed by atoms with E-state index in [2.05, 4.69) is 16.8 Å². The quantitative estimate of drug-likeness (QED) is 0.803. The molecule has 0 radical (unpaired) electrons. The van der Waals surface area contributed by atoms with Crippen molar-refractivity contribution in [2.75, 3.05) is 51.3 Å². The molecular weight excluding hydrogens is 232 g/mol. The minimum absolute atomic E-state index is 0.267. The molecule has 0 amide bonds. The summed E-state index contributed by atoms with van der Waals surface area (Å²) in [6.45, 7) is 4.87. The lowest BCUT2D eigenvalue weighted by Crippen LogP contribution is -2.44. The van der Waals surface area contributed by atoms with Crippen LogP contribution >= 0.6 is 0 Å². The minimum atomic E-state index is 0.267. The predicted molar refractivity (Wildman–Crippen MR) is 68.8 cm³/mol. The van der Waals surface area contributed by atoms with E-state index >= 15 is 0 Å². The maximum Gasteiger partial charge on any atom is 0.188 e. The van der Waals surface area contributed by atoms with Gasteiger partial charge in [-0.15, -0.1) is 0 Å². The zero-order valence-corrected chi connectivity index (χ0v) is 10.6. The number of ether oxygens (including phenoxy) is 2. The Morgan fingerprint density at radius 1 is 1.06 bits per heavy atom. The summed E-state index contributed by atoms with van der Waals surface area (Å²) >= 11 is 0. The molecule has 0 spiro atoms. The average molecular weight is 250 g/mol. The minimum Gasteiger partial charge on any atom is -0.506 e. The summed E-state index contributed by atoms with van der Waals surface area (Å²) in [4.78, 5) is 4.45. The molecule has 0 bridgehead atoms. The molecule has 0 aromatic heterocycles. The number of piperazine rings is 1. The van der Waals surface area contributed by atoms with E-state index in [9.17, 15) is 5.11 Å². The summed E-state index contributed by atoms with van der Waals surface area (Å²) < 4.78 is 11.2. The van der Waals surface area contributed by atoms with Gasteiger partial charge < -0.3 is 24.4 Å². The third-order valence-corrected chi connectivity index (χ3v) is 3.48. The fourth-order valence-corrected chi connectivity index (χ4v) is 2.43. The Labute approximate surface area is 107 Å². The third-order valence-electron chi connectivity index (χ3n) is 3.48. The van der Waals surface area contributed by atoms with Gasteiger partial charge in [-0.25, -0.2) is 0 Å². The summed E-state index contributed by atoms with van der Waals surface area (Å²) in [7, 11) is 2.11. The molecule has 1 saturated heterocycles. The molecule has 0 unspecified atom stereocenters. The van der Waals surface area contributed by atoms with Gasteiger partial charge in [-0.05, 0) is 19.2 Å². The zero-order chi connectivity index (χ0) is 12.5. The maximum atomic E-state index is 10.1. The standard InChI is InChI=1S/C13H18N2O3/c1-14-4-6-15(7-5-14)12-10(16)2-3-11-13(12)18-9-8-17-11/h2-3,16H,4-9H2,1H3. The van der Waals surface area contributed by atoms with Crippen LogP contribution in [0, 0.1) is 0 Å². The van der Waals surface area contributed by atoms with Gasteiger partial charge in [0.05, 0.1) is 0 Å². The van der Waals surface area contributed by atoms with Crippen molar-refractivity contribution < 1.29 is 14.6 Å². The van der Waals surface area contributed by atoms with E-state index in [0.717, 1.165) is 37.6 Å². The first kappa shape index (κ1) is 11.5. The second-order valence-corrected chi connectivity index (χ2v) is 4.75. The Morgan fingerprint density at radius 3 is 2.56 bits per heavy atom.